The van der Waals surface area contributed by atoms with Crippen LogP contribution < -0.4 is 0 Å². The van der Waals surface area contributed by atoms with Crippen LogP contribution in [0, 0.1) is 0 Å². The molecule has 0 radical (unpaired) electrons. The topological polar surface area (TPSA) is 20.2 Å². The van der Waals surface area contributed by atoms with Gasteiger partial charge in [0, 0.05) is 5.25 Å². The van der Waals surface area contributed by atoms with Gasteiger partial charge >= 0.3 is 0 Å². The van der Waals surface area contributed by atoms with Gasteiger partial charge in [-0.25, -0.2) is 0 Å². The van der Waals surface area contributed by atoms with Crippen molar-refractivity contribution in [3.8, 4) is 0 Å². The van der Waals surface area contributed by atoms with Gasteiger partial charge in [0.25, 0.3) is 0 Å². The van der Waals surface area contributed by atoms with E-state index in [1.54, 1.807) is 11.8 Å². The first-order chi connectivity index (χ1) is 3.83. The fourth-order valence-electron chi connectivity index (χ4n) is 0.768. The number of hydrogen-bond acceptors (Lipinski definition) is 2. The Kier molecular flexibility index (Phi) is 1.97. The highest BCUT2D eigenvalue weighted by atomic mass is 32.2. The third-order valence-corrected chi connectivity index (χ3v) is 2.44. The van der Waals surface area contributed by atoms with Gasteiger partial charge in [-0.3, -0.25) is 0 Å². The van der Waals surface area contributed by atoms with Crippen LogP contribution in [0.1, 0.15) is 13.3 Å². The lowest BCUT2D eigenvalue weighted by atomic mass is 10.3. The van der Waals surface area contributed by atoms with Gasteiger partial charge in [0.2, 0.25) is 0 Å². The maximum Gasteiger partial charge on any atom is 0.0556 e. The summed E-state index contributed by atoms with van der Waals surface area (Å²) in [5.74, 6) is 0. The fraction of sp³-hybridized carbons (Fsp3) is 0.667. The predicted octanol–water partition coefficient (Wildman–Crippen LogP) is 1.39. The summed E-state index contributed by atoms with van der Waals surface area (Å²) in [4.78, 5) is 1.35. The van der Waals surface area contributed by atoms with E-state index < -0.39 is 0 Å². The minimum absolute atomic E-state index is 0.318. The maximum absolute atomic E-state index is 8.63. The average Bonchev–Trinajstić information content (AvgIpc) is 2.14. The Morgan fingerprint density at radius 2 is 2.75 bits per heavy atom. The van der Waals surface area contributed by atoms with E-state index in [1.165, 1.54) is 4.91 Å². The first-order valence-corrected chi connectivity index (χ1v) is 3.65. The SMILES string of the molecule is CC1=CCC(CO)S1. The van der Waals surface area contributed by atoms with E-state index in [2.05, 4.69) is 13.0 Å². The minimum Gasteiger partial charge on any atom is -0.395 e. The molecule has 1 aliphatic heterocycles. The molecule has 1 unspecified atom stereocenters. The molecule has 1 heterocycles. The van der Waals surface area contributed by atoms with Gasteiger partial charge < -0.3 is 5.11 Å². The molecule has 8 heavy (non-hydrogen) atoms. The molecule has 2 heteroatoms. The predicted molar refractivity (Wildman–Crippen MR) is 36.8 cm³/mol. The lowest BCUT2D eigenvalue weighted by molar-refractivity contribution is 0.296. The number of thioether (sulfide) groups is 1. The smallest absolute Gasteiger partial charge is 0.0556 e. The average molecular weight is 130 g/mol. The Morgan fingerprint density at radius 3 is 3.00 bits per heavy atom. The van der Waals surface area contributed by atoms with Crippen LogP contribution in [0.5, 0.6) is 0 Å². The molecule has 0 aromatic heterocycles. The van der Waals surface area contributed by atoms with Crippen LogP contribution in [0.3, 0.4) is 0 Å². The van der Waals surface area contributed by atoms with Gasteiger partial charge in [0.05, 0.1) is 6.61 Å². The van der Waals surface area contributed by atoms with Gasteiger partial charge in [-0.15, -0.1) is 11.8 Å². The summed E-state index contributed by atoms with van der Waals surface area (Å²) >= 11 is 1.78. The van der Waals surface area contributed by atoms with Gasteiger partial charge in [-0.05, 0) is 18.2 Å². The molecule has 0 saturated heterocycles. The Morgan fingerprint density at radius 1 is 2.00 bits per heavy atom. The molecule has 0 amide bonds. The molecule has 0 fully saturated rings. The standard InChI is InChI=1S/C6H10OS/c1-5-2-3-6(4-7)8-5/h2,6-7H,3-4H2,1H3. The van der Waals surface area contributed by atoms with Crippen molar-refractivity contribution < 1.29 is 5.11 Å². The summed E-state index contributed by atoms with van der Waals surface area (Å²) in [5.41, 5.74) is 0. The molecule has 1 N–H and O–H groups in total. The van der Waals surface area contributed by atoms with E-state index in [-0.39, 0.29) is 0 Å². The second-order valence-corrected chi connectivity index (χ2v) is 3.52. The first-order valence-electron chi connectivity index (χ1n) is 2.77. The second-order valence-electron chi connectivity index (χ2n) is 1.97. The molecule has 46 valence electrons. The third kappa shape index (κ3) is 1.26. The molecule has 1 atom stereocenters. The van der Waals surface area contributed by atoms with Crippen molar-refractivity contribution in [3.05, 3.63) is 11.0 Å². The molecule has 0 aromatic rings. The second kappa shape index (κ2) is 2.55. The Labute approximate surface area is 53.8 Å². The number of aliphatic hydroxyl groups is 1. The number of allylic oxidation sites excluding steroid dienone is 2. The van der Waals surface area contributed by atoms with Crippen LogP contribution in [0.4, 0.5) is 0 Å². The van der Waals surface area contributed by atoms with Crippen LogP contribution in [-0.2, 0) is 0 Å². The quantitative estimate of drug-likeness (QED) is 0.578. The molecule has 0 aromatic carbocycles. The third-order valence-electron chi connectivity index (χ3n) is 1.22. The zero-order chi connectivity index (χ0) is 5.98. The van der Waals surface area contributed by atoms with E-state index in [0.29, 0.717) is 11.9 Å². The lowest BCUT2D eigenvalue weighted by Gasteiger charge is -2.00. The largest absolute Gasteiger partial charge is 0.395 e. The summed E-state index contributed by atoms with van der Waals surface area (Å²) in [6.07, 6.45) is 3.22. The Balaban J connectivity index is 2.32. The van der Waals surface area contributed by atoms with E-state index >= 15 is 0 Å². The Bertz CT molecular complexity index is 109. The number of rotatable bonds is 1. The van der Waals surface area contributed by atoms with Crippen molar-refractivity contribution in [2.45, 2.75) is 18.6 Å². The van der Waals surface area contributed by atoms with Crippen molar-refractivity contribution in [3.63, 3.8) is 0 Å². The monoisotopic (exact) mass is 130 g/mol. The Hall–Kier alpha value is 0.0500. The van der Waals surface area contributed by atoms with Crippen molar-refractivity contribution in [1.29, 1.82) is 0 Å². The normalized spacial score (nSPS) is 28.2. The summed E-state index contributed by atoms with van der Waals surface area (Å²) in [6, 6.07) is 0. The van der Waals surface area contributed by atoms with Crippen molar-refractivity contribution in [1.82, 2.24) is 0 Å². The van der Waals surface area contributed by atoms with E-state index in [9.17, 15) is 0 Å². The highest BCUT2D eigenvalue weighted by Gasteiger charge is 2.12. The van der Waals surface area contributed by atoms with Crippen LogP contribution in [-0.4, -0.2) is 17.0 Å². The summed E-state index contributed by atoms with van der Waals surface area (Å²) < 4.78 is 0. The fourth-order valence-corrected chi connectivity index (χ4v) is 1.75. The maximum atomic E-state index is 8.63. The van der Waals surface area contributed by atoms with Gasteiger partial charge in [-0.2, -0.15) is 0 Å². The van der Waals surface area contributed by atoms with Crippen LogP contribution in [0.2, 0.25) is 0 Å². The van der Waals surface area contributed by atoms with Gasteiger partial charge in [0.15, 0.2) is 0 Å². The van der Waals surface area contributed by atoms with E-state index in [1.807, 2.05) is 0 Å². The van der Waals surface area contributed by atoms with Crippen molar-refractivity contribution in [2.75, 3.05) is 6.61 Å². The molecular formula is C6H10OS. The number of hydrogen-bond donors (Lipinski definition) is 1. The summed E-state index contributed by atoms with van der Waals surface area (Å²) in [6.45, 7) is 2.40. The molecule has 0 aliphatic carbocycles. The summed E-state index contributed by atoms with van der Waals surface area (Å²) in [7, 11) is 0. The lowest BCUT2D eigenvalue weighted by Crippen LogP contribution is -2.01. The zero-order valence-electron chi connectivity index (χ0n) is 4.92. The highest BCUT2D eigenvalue weighted by molar-refractivity contribution is 8.03. The van der Waals surface area contributed by atoms with E-state index in [0.717, 1.165) is 6.42 Å². The first kappa shape index (κ1) is 6.17. The van der Waals surface area contributed by atoms with Crippen molar-refractivity contribution in [2.24, 2.45) is 0 Å². The molecule has 1 rings (SSSR count). The summed E-state index contributed by atoms with van der Waals surface area (Å²) in [5, 5.41) is 9.08. The van der Waals surface area contributed by atoms with Gasteiger partial charge in [-0.1, -0.05) is 6.08 Å². The van der Waals surface area contributed by atoms with Crippen LogP contribution in [0.25, 0.3) is 0 Å². The van der Waals surface area contributed by atoms with Gasteiger partial charge in [0.1, 0.15) is 0 Å². The highest BCUT2D eigenvalue weighted by Crippen LogP contribution is 2.30. The molecular weight excluding hydrogens is 120 g/mol. The molecule has 0 bridgehead atoms. The minimum atomic E-state index is 0.318. The molecule has 1 aliphatic rings. The zero-order valence-corrected chi connectivity index (χ0v) is 5.74. The van der Waals surface area contributed by atoms with Crippen molar-refractivity contribution >= 4 is 11.8 Å². The number of aliphatic hydroxyl groups excluding tert-OH is 1. The van der Waals surface area contributed by atoms with Crippen LogP contribution in [0.15, 0.2) is 11.0 Å². The van der Waals surface area contributed by atoms with Crippen LogP contribution >= 0.6 is 11.8 Å². The molecule has 1 nitrogen and oxygen atoms in total. The van der Waals surface area contributed by atoms with E-state index in [4.69, 9.17) is 5.11 Å². The molecule has 0 saturated carbocycles. The molecule has 0 spiro atoms.